The second-order valence-corrected chi connectivity index (χ2v) is 7.30. The predicted molar refractivity (Wildman–Crippen MR) is 85.8 cm³/mol. The Bertz CT molecular complexity index is 815. The summed E-state index contributed by atoms with van der Waals surface area (Å²) < 4.78 is 40.5. The molecule has 0 fully saturated rings. The molecule has 2 aromatic carbocycles. The zero-order valence-electron chi connectivity index (χ0n) is 10.2. The first-order valence-electron chi connectivity index (χ1n) is 5.43. The number of anilines is 2. The van der Waals surface area contributed by atoms with Crippen molar-refractivity contribution in [2.75, 3.05) is 10.5 Å². The molecule has 0 bridgehead atoms. The minimum Gasteiger partial charge on any atom is -0.396 e. The molecule has 0 spiro atoms. The summed E-state index contributed by atoms with van der Waals surface area (Å²) in [6.07, 6.45) is 0. The largest absolute Gasteiger partial charge is 0.396 e. The number of nitrogen functional groups attached to an aromatic ring is 1. The van der Waals surface area contributed by atoms with E-state index in [2.05, 4.69) is 20.7 Å². The topological polar surface area (TPSA) is 72.2 Å². The highest BCUT2D eigenvalue weighted by molar-refractivity contribution is 9.10. The quantitative estimate of drug-likeness (QED) is 0.582. The van der Waals surface area contributed by atoms with Gasteiger partial charge < -0.3 is 5.73 Å². The summed E-state index contributed by atoms with van der Waals surface area (Å²) in [6.45, 7) is 0. The molecule has 112 valence electrons. The van der Waals surface area contributed by atoms with Gasteiger partial charge in [0.2, 0.25) is 0 Å². The molecular weight excluding hydrogens is 406 g/mol. The Morgan fingerprint density at radius 1 is 1.14 bits per heavy atom. The fraction of sp³-hybridized carbons (Fsp3) is 0. The van der Waals surface area contributed by atoms with Crippen LogP contribution in [-0.2, 0) is 10.0 Å². The van der Waals surface area contributed by atoms with E-state index in [1.807, 2.05) is 0 Å². The van der Waals surface area contributed by atoms with Crippen molar-refractivity contribution in [2.45, 2.75) is 4.90 Å². The Hall–Kier alpha value is -1.02. The second-order valence-electron chi connectivity index (χ2n) is 4.01. The van der Waals surface area contributed by atoms with Crippen LogP contribution in [0.5, 0.6) is 0 Å². The molecule has 0 aromatic heterocycles. The Kier molecular flexibility index (Phi) is 4.67. The van der Waals surface area contributed by atoms with Crippen molar-refractivity contribution in [3.8, 4) is 0 Å². The van der Waals surface area contributed by atoms with Crippen molar-refractivity contribution in [3.63, 3.8) is 0 Å². The average molecular weight is 414 g/mol. The standard InChI is InChI=1S/C12H8BrCl2FN2O2S/c13-7-2-4-10(12(15)11(7)14)18-21(19,20)6-1-3-9(17)8(16)5-6/h1-5,18H,17H2. The molecule has 0 heterocycles. The van der Waals surface area contributed by atoms with Gasteiger partial charge in [-0.3, -0.25) is 4.72 Å². The van der Waals surface area contributed by atoms with Crippen LogP contribution >= 0.6 is 39.1 Å². The van der Waals surface area contributed by atoms with Gasteiger partial charge in [-0.2, -0.15) is 0 Å². The van der Waals surface area contributed by atoms with Crippen LogP contribution < -0.4 is 10.5 Å². The Balaban J connectivity index is 2.42. The Labute approximate surface area is 139 Å². The summed E-state index contributed by atoms with van der Waals surface area (Å²) >= 11 is 15.0. The first-order chi connectivity index (χ1) is 9.72. The lowest BCUT2D eigenvalue weighted by atomic mass is 10.3. The predicted octanol–water partition coefficient (Wildman–Crippen LogP) is 4.28. The first kappa shape index (κ1) is 16.4. The molecule has 0 atom stereocenters. The lowest BCUT2D eigenvalue weighted by Crippen LogP contribution is -2.14. The third-order valence-electron chi connectivity index (χ3n) is 2.56. The third kappa shape index (κ3) is 3.42. The van der Waals surface area contributed by atoms with Gasteiger partial charge in [-0.1, -0.05) is 23.2 Å². The van der Waals surface area contributed by atoms with Gasteiger partial charge in [-0.25, -0.2) is 12.8 Å². The number of hydrogen-bond donors (Lipinski definition) is 2. The number of benzene rings is 2. The number of hydrogen-bond acceptors (Lipinski definition) is 3. The minimum absolute atomic E-state index is 0.0329. The van der Waals surface area contributed by atoms with Crippen LogP contribution in [0.15, 0.2) is 39.7 Å². The summed E-state index contributed by atoms with van der Waals surface area (Å²) in [7, 11) is -4.01. The van der Waals surface area contributed by atoms with Crippen LogP contribution in [-0.4, -0.2) is 8.42 Å². The molecule has 2 rings (SSSR count). The Morgan fingerprint density at radius 2 is 1.81 bits per heavy atom. The summed E-state index contributed by atoms with van der Waals surface area (Å²) in [4.78, 5) is -0.274. The zero-order chi connectivity index (χ0) is 15.8. The maximum absolute atomic E-state index is 13.4. The SMILES string of the molecule is Nc1ccc(S(=O)(=O)Nc2ccc(Br)c(Cl)c2Cl)cc1F. The molecule has 0 aliphatic heterocycles. The van der Waals surface area contributed by atoms with Crippen molar-refractivity contribution in [2.24, 2.45) is 0 Å². The molecule has 3 N–H and O–H groups in total. The molecule has 4 nitrogen and oxygen atoms in total. The summed E-state index contributed by atoms with van der Waals surface area (Å²) in [6, 6.07) is 6.15. The molecule has 0 amide bonds. The van der Waals surface area contributed by atoms with E-state index < -0.39 is 15.8 Å². The van der Waals surface area contributed by atoms with Crippen molar-refractivity contribution < 1.29 is 12.8 Å². The van der Waals surface area contributed by atoms with E-state index in [1.165, 1.54) is 24.3 Å². The molecule has 0 saturated carbocycles. The van der Waals surface area contributed by atoms with E-state index in [0.717, 1.165) is 6.07 Å². The van der Waals surface area contributed by atoms with Crippen LogP contribution in [0.2, 0.25) is 10.0 Å². The highest BCUT2D eigenvalue weighted by Gasteiger charge is 2.19. The summed E-state index contributed by atoms with van der Waals surface area (Å²) in [5, 5.41) is 0.200. The van der Waals surface area contributed by atoms with Gasteiger partial charge >= 0.3 is 0 Å². The van der Waals surface area contributed by atoms with Crippen LogP contribution in [0.1, 0.15) is 0 Å². The van der Waals surface area contributed by atoms with Crippen molar-refractivity contribution in [1.29, 1.82) is 0 Å². The number of sulfonamides is 1. The van der Waals surface area contributed by atoms with E-state index in [-0.39, 0.29) is 26.3 Å². The van der Waals surface area contributed by atoms with Crippen LogP contribution in [0.25, 0.3) is 0 Å². The van der Waals surface area contributed by atoms with Crippen LogP contribution in [0.4, 0.5) is 15.8 Å². The average Bonchev–Trinajstić information content (AvgIpc) is 2.42. The first-order valence-corrected chi connectivity index (χ1v) is 8.47. The number of nitrogens with one attached hydrogen (secondary N) is 1. The molecule has 0 aliphatic carbocycles. The monoisotopic (exact) mass is 412 g/mol. The maximum atomic E-state index is 13.4. The highest BCUT2D eigenvalue weighted by Crippen LogP contribution is 2.36. The lowest BCUT2D eigenvalue weighted by Gasteiger charge is -2.11. The van der Waals surface area contributed by atoms with Gasteiger partial charge in [0.15, 0.2) is 0 Å². The lowest BCUT2D eigenvalue weighted by molar-refractivity contribution is 0.596. The van der Waals surface area contributed by atoms with Crippen molar-refractivity contribution in [1.82, 2.24) is 0 Å². The van der Waals surface area contributed by atoms with Gasteiger partial charge in [0.25, 0.3) is 10.0 Å². The van der Waals surface area contributed by atoms with E-state index in [4.69, 9.17) is 28.9 Å². The molecule has 0 radical (unpaired) electrons. The van der Waals surface area contributed by atoms with E-state index >= 15 is 0 Å². The highest BCUT2D eigenvalue weighted by atomic mass is 79.9. The van der Waals surface area contributed by atoms with E-state index in [1.54, 1.807) is 0 Å². The fourth-order valence-corrected chi connectivity index (χ4v) is 3.44. The number of rotatable bonds is 3. The van der Waals surface area contributed by atoms with Crippen molar-refractivity contribution >= 4 is 60.5 Å². The van der Waals surface area contributed by atoms with Gasteiger partial charge in [0.05, 0.1) is 26.3 Å². The zero-order valence-corrected chi connectivity index (χ0v) is 14.1. The minimum atomic E-state index is -4.01. The van der Waals surface area contributed by atoms with E-state index in [0.29, 0.717) is 4.47 Å². The fourth-order valence-electron chi connectivity index (χ4n) is 1.48. The molecule has 0 saturated heterocycles. The van der Waals surface area contributed by atoms with Gasteiger partial charge in [-0.05, 0) is 46.3 Å². The Morgan fingerprint density at radius 3 is 2.43 bits per heavy atom. The van der Waals surface area contributed by atoms with Crippen LogP contribution in [0, 0.1) is 5.82 Å². The molecular formula is C12H8BrCl2FN2O2S. The smallest absolute Gasteiger partial charge is 0.262 e. The molecule has 0 aliphatic rings. The van der Waals surface area contributed by atoms with Gasteiger partial charge in [0, 0.05) is 4.47 Å². The molecule has 0 unspecified atom stereocenters. The molecule has 9 heteroatoms. The summed E-state index contributed by atoms with van der Waals surface area (Å²) in [5.74, 6) is -0.821. The van der Waals surface area contributed by atoms with Gasteiger partial charge in [-0.15, -0.1) is 0 Å². The third-order valence-corrected chi connectivity index (χ3v) is 5.70. The van der Waals surface area contributed by atoms with Crippen molar-refractivity contribution in [3.05, 3.63) is 50.7 Å². The number of halogens is 4. The number of nitrogens with two attached hydrogens (primary N) is 1. The molecule has 21 heavy (non-hydrogen) atoms. The van der Waals surface area contributed by atoms with Crippen LogP contribution in [0.3, 0.4) is 0 Å². The molecule has 2 aromatic rings. The summed E-state index contributed by atoms with van der Waals surface area (Å²) in [5.41, 5.74) is 5.26. The van der Waals surface area contributed by atoms with Gasteiger partial charge in [0.1, 0.15) is 5.82 Å². The second kappa shape index (κ2) is 6.00. The maximum Gasteiger partial charge on any atom is 0.262 e. The normalized spacial score (nSPS) is 11.4. The van der Waals surface area contributed by atoms with E-state index in [9.17, 15) is 12.8 Å².